The van der Waals surface area contributed by atoms with E-state index in [1.165, 1.54) is 4.57 Å². The van der Waals surface area contributed by atoms with Crippen LogP contribution < -0.4 is 0 Å². The Morgan fingerprint density at radius 2 is 2.00 bits per heavy atom. The SMILES string of the molecule is O=C(O)/C=C/C(=O)n1ccc2cccc(Cl)c21. The Balaban J connectivity index is 2.49. The maximum Gasteiger partial charge on any atom is 0.328 e. The van der Waals surface area contributed by atoms with E-state index in [9.17, 15) is 9.59 Å². The molecule has 1 N–H and O–H groups in total. The third-order valence-electron chi connectivity index (χ3n) is 2.27. The second-order valence-electron chi connectivity index (χ2n) is 3.37. The minimum Gasteiger partial charge on any atom is -0.478 e. The molecule has 0 spiro atoms. The first-order chi connectivity index (χ1) is 8.09. The first-order valence-electron chi connectivity index (χ1n) is 4.80. The lowest BCUT2D eigenvalue weighted by molar-refractivity contribution is -0.131. The number of hydrogen-bond donors (Lipinski definition) is 1. The minimum absolute atomic E-state index is 0.449. The van der Waals surface area contributed by atoms with Crippen molar-refractivity contribution < 1.29 is 14.7 Å². The lowest BCUT2D eigenvalue weighted by atomic mass is 10.2. The molecule has 86 valence electrons. The summed E-state index contributed by atoms with van der Waals surface area (Å²) in [6.07, 6.45) is 3.35. The predicted molar refractivity (Wildman–Crippen MR) is 64.4 cm³/mol. The molecule has 0 saturated carbocycles. The number of carbonyl (C=O) groups is 2. The molecule has 0 bridgehead atoms. The quantitative estimate of drug-likeness (QED) is 0.832. The van der Waals surface area contributed by atoms with Crippen LogP contribution in [0.5, 0.6) is 0 Å². The van der Waals surface area contributed by atoms with Gasteiger partial charge < -0.3 is 5.11 Å². The van der Waals surface area contributed by atoms with E-state index in [2.05, 4.69) is 0 Å². The summed E-state index contributed by atoms with van der Waals surface area (Å²) in [5.74, 6) is -1.61. The number of carboxylic acid groups (broad SMARTS) is 1. The van der Waals surface area contributed by atoms with Crippen molar-refractivity contribution in [1.82, 2.24) is 4.57 Å². The number of hydrogen-bond acceptors (Lipinski definition) is 2. The van der Waals surface area contributed by atoms with E-state index in [4.69, 9.17) is 16.7 Å². The van der Waals surface area contributed by atoms with E-state index in [0.717, 1.165) is 17.5 Å². The zero-order valence-corrected chi connectivity index (χ0v) is 9.39. The van der Waals surface area contributed by atoms with Crippen molar-refractivity contribution in [2.75, 3.05) is 0 Å². The van der Waals surface area contributed by atoms with E-state index in [1.807, 2.05) is 6.07 Å². The lowest BCUT2D eigenvalue weighted by Crippen LogP contribution is -2.06. The molecule has 0 fully saturated rings. The van der Waals surface area contributed by atoms with Crippen molar-refractivity contribution in [2.45, 2.75) is 0 Å². The number of carbonyl (C=O) groups excluding carboxylic acids is 1. The van der Waals surface area contributed by atoms with Gasteiger partial charge in [-0.25, -0.2) is 4.79 Å². The van der Waals surface area contributed by atoms with Gasteiger partial charge in [-0.3, -0.25) is 9.36 Å². The Hall–Kier alpha value is -2.07. The summed E-state index contributed by atoms with van der Waals surface area (Å²) in [4.78, 5) is 22.1. The lowest BCUT2D eigenvalue weighted by Gasteiger charge is -2.01. The summed E-state index contributed by atoms with van der Waals surface area (Å²) in [5, 5.41) is 9.73. The predicted octanol–water partition coefficient (Wildman–Crippen LogP) is 2.58. The van der Waals surface area contributed by atoms with Crippen molar-refractivity contribution in [3.8, 4) is 0 Å². The number of aromatic nitrogens is 1. The molecule has 0 radical (unpaired) electrons. The van der Waals surface area contributed by atoms with Crippen molar-refractivity contribution in [3.05, 3.63) is 47.6 Å². The van der Waals surface area contributed by atoms with Gasteiger partial charge in [0.2, 0.25) is 0 Å². The third kappa shape index (κ3) is 2.21. The van der Waals surface area contributed by atoms with E-state index >= 15 is 0 Å². The average Bonchev–Trinajstić information content (AvgIpc) is 2.71. The molecule has 0 atom stereocenters. The van der Waals surface area contributed by atoms with Gasteiger partial charge in [0.25, 0.3) is 5.91 Å². The van der Waals surface area contributed by atoms with Gasteiger partial charge in [-0.05, 0) is 12.1 Å². The van der Waals surface area contributed by atoms with Crippen LogP contribution in [0.2, 0.25) is 5.02 Å². The molecule has 1 aromatic carbocycles. The minimum atomic E-state index is -1.17. The van der Waals surface area contributed by atoms with Crippen molar-refractivity contribution in [2.24, 2.45) is 0 Å². The van der Waals surface area contributed by atoms with Gasteiger partial charge in [0.1, 0.15) is 0 Å². The number of halogens is 1. The maximum absolute atomic E-state index is 11.7. The Kier molecular flexibility index (Phi) is 2.97. The molecule has 4 nitrogen and oxygen atoms in total. The normalized spacial score (nSPS) is 11.1. The van der Waals surface area contributed by atoms with E-state index in [-0.39, 0.29) is 0 Å². The van der Waals surface area contributed by atoms with Crippen LogP contribution in [0, 0.1) is 0 Å². The Bertz CT molecular complexity index is 628. The van der Waals surface area contributed by atoms with Crippen LogP contribution in [0.25, 0.3) is 10.9 Å². The fourth-order valence-electron chi connectivity index (χ4n) is 1.56. The molecular weight excluding hydrogens is 242 g/mol. The number of aliphatic carboxylic acids is 1. The number of carboxylic acids is 1. The van der Waals surface area contributed by atoms with Gasteiger partial charge in [-0.2, -0.15) is 0 Å². The molecule has 17 heavy (non-hydrogen) atoms. The zero-order valence-electron chi connectivity index (χ0n) is 8.63. The van der Waals surface area contributed by atoms with Crippen LogP contribution in [0.4, 0.5) is 0 Å². The molecule has 5 heteroatoms. The van der Waals surface area contributed by atoms with Crippen molar-refractivity contribution >= 4 is 34.4 Å². The fourth-order valence-corrected chi connectivity index (χ4v) is 1.83. The summed E-state index contributed by atoms with van der Waals surface area (Å²) in [5.41, 5.74) is 0.578. The van der Waals surface area contributed by atoms with Gasteiger partial charge in [-0.15, -0.1) is 0 Å². The standard InChI is InChI=1S/C12H8ClNO3/c13-9-3-1-2-8-6-7-14(12(8)9)10(15)4-5-11(16)17/h1-7H,(H,16,17)/b5-4+. The van der Waals surface area contributed by atoms with E-state index in [1.54, 1.807) is 24.4 Å². The highest BCUT2D eigenvalue weighted by atomic mass is 35.5. The molecule has 2 aromatic rings. The highest BCUT2D eigenvalue weighted by Crippen LogP contribution is 2.24. The first-order valence-corrected chi connectivity index (χ1v) is 5.18. The molecule has 0 saturated heterocycles. The smallest absolute Gasteiger partial charge is 0.328 e. The van der Waals surface area contributed by atoms with E-state index in [0.29, 0.717) is 10.5 Å². The van der Waals surface area contributed by atoms with Gasteiger partial charge in [0.15, 0.2) is 0 Å². The van der Waals surface area contributed by atoms with Crippen LogP contribution in [0.15, 0.2) is 42.6 Å². The molecule has 0 aliphatic rings. The summed E-state index contributed by atoms with van der Waals surface area (Å²) in [6.45, 7) is 0. The van der Waals surface area contributed by atoms with Crippen molar-refractivity contribution in [1.29, 1.82) is 0 Å². The van der Waals surface area contributed by atoms with Gasteiger partial charge >= 0.3 is 5.97 Å². The van der Waals surface area contributed by atoms with Gasteiger partial charge in [0, 0.05) is 23.7 Å². The number of allylic oxidation sites excluding steroid dienone is 1. The molecule has 0 aliphatic heterocycles. The highest BCUT2D eigenvalue weighted by molar-refractivity contribution is 6.35. The molecule has 2 rings (SSSR count). The van der Waals surface area contributed by atoms with Crippen LogP contribution in [-0.2, 0) is 4.79 Å². The Morgan fingerprint density at radius 1 is 1.24 bits per heavy atom. The molecule has 0 amide bonds. The molecule has 0 unspecified atom stereocenters. The van der Waals surface area contributed by atoms with Crippen LogP contribution in [-0.4, -0.2) is 21.6 Å². The molecule has 0 aliphatic carbocycles. The average molecular weight is 250 g/mol. The molecule has 1 aromatic heterocycles. The van der Waals surface area contributed by atoms with E-state index < -0.39 is 11.9 Å². The second-order valence-corrected chi connectivity index (χ2v) is 3.78. The number of nitrogens with zero attached hydrogens (tertiary/aromatic N) is 1. The number of para-hydroxylation sites is 1. The molecular formula is C12H8ClNO3. The number of benzene rings is 1. The van der Waals surface area contributed by atoms with Gasteiger partial charge in [0.05, 0.1) is 10.5 Å². The Labute approximate surface area is 102 Å². The zero-order chi connectivity index (χ0) is 12.4. The molecule has 1 heterocycles. The summed E-state index contributed by atoms with van der Waals surface area (Å²) in [6, 6.07) is 7.03. The fraction of sp³-hybridized carbons (Fsp3) is 0. The number of fused-ring (bicyclic) bond motifs is 1. The summed E-state index contributed by atoms with van der Waals surface area (Å²) in [7, 11) is 0. The summed E-state index contributed by atoms with van der Waals surface area (Å²) >= 11 is 6.00. The van der Waals surface area contributed by atoms with Crippen LogP contribution in [0.1, 0.15) is 4.79 Å². The Morgan fingerprint density at radius 3 is 2.71 bits per heavy atom. The van der Waals surface area contributed by atoms with Crippen LogP contribution >= 0.6 is 11.6 Å². The highest BCUT2D eigenvalue weighted by Gasteiger charge is 2.09. The number of rotatable bonds is 2. The van der Waals surface area contributed by atoms with Crippen molar-refractivity contribution in [3.63, 3.8) is 0 Å². The second kappa shape index (κ2) is 4.43. The topological polar surface area (TPSA) is 59.3 Å². The van der Waals surface area contributed by atoms with Crippen LogP contribution in [0.3, 0.4) is 0 Å². The van der Waals surface area contributed by atoms with Gasteiger partial charge in [-0.1, -0.05) is 23.7 Å². The third-order valence-corrected chi connectivity index (χ3v) is 2.57. The largest absolute Gasteiger partial charge is 0.478 e. The monoisotopic (exact) mass is 249 g/mol. The summed E-state index contributed by atoms with van der Waals surface area (Å²) < 4.78 is 1.32. The maximum atomic E-state index is 11.7. The first kappa shape index (κ1) is 11.4.